The molecule has 2 aromatic heterocycles. The number of hydrogen-bond acceptors (Lipinski definition) is 3. The Hall–Kier alpha value is -1.82. The van der Waals surface area contributed by atoms with Gasteiger partial charge in [-0.15, -0.1) is 11.3 Å². The van der Waals surface area contributed by atoms with Crippen LogP contribution in [0.1, 0.15) is 28.1 Å². The normalized spacial score (nSPS) is 14.3. The summed E-state index contributed by atoms with van der Waals surface area (Å²) in [5.41, 5.74) is -0.249. The highest BCUT2D eigenvalue weighted by molar-refractivity contribution is 7.09. The van der Waals surface area contributed by atoms with Gasteiger partial charge in [-0.3, -0.25) is 4.79 Å². The number of amides is 1. The monoisotopic (exact) mass is 294 g/mol. The van der Waals surface area contributed by atoms with Crippen molar-refractivity contribution in [2.24, 2.45) is 0 Å². The van der Waals surface area contributed by atoms with E-state index in [9.17, 15) is 13.6 Å². The van der Waals surface area contributed by atoms with Gasteiger partial charge in [0.2, 0.25) is 5.95 Å². The molecule has 0 aromatic carbocycles. The number of hydrogen-bond donors (Lipinski definition) is 0. The van der Waals surface area contributed by atoms with Crippen LogP contribution in [0.3, 0.4) is 0 Å². The average molecular weight is 294 g/mol. The Morgan fingerprint density at radius 3 is 2.85 bits per heavy atom. The van der Waals surface area contributed by atoms with Gasteiger partial charge in [0, 0.05) is 17.1 Å². The highest BCUT2D eigenvalue weighted by atomic mass is 32.1. The quantitative estimate of drug-likeness (QED) is 0.811. The lowest BCUT2D eigenvalue weighted by molar-refractivity contribution is 0.0725. The van der Waals surface area contributed by atoms with Gasteiger partial charge in [-0.25, -0.2) is 9.37 Å². The zero-order valence-corrected chi connectivity index (χ0v) is 11.4. The number of aromatic nitrogens is 1. The van der Waals surface area contributed by atoms with E-state index in [0.29, 0.717) is 6.54 Å². The Morgan fingerprint density at radius 2 is 2.20 bits per heavy atom. The van der Waals surface area contributed by atoms with E-state index in [1.165, 1.54) is 6.07 Å². The standard InChI is InChI=1S/C14H12F2N2OS/c15-12-11(5-6-17-13(12)16)14(19)18(9-3-4-9)8-10-2-1-7-20-10/h1-2,5-7,9H,3-4,8H2. The molecule has 3 nitrogen and oxygen atoms in total. The molecule has 0 unspecified atom stereocenters. The highest BCUT2D eigenvalue weighted by Crippen LogP contribution is 2.31. The number of carbonyl (C=O) groups is 1. The van der Waals surface area contributed by atoms with Crippen molar-refractivity contribution in [2.45, 2.75) is 25.4 Å². The lowest BCUT2D eigenvalue weighted by atomic mass is 10.2. The van der Waals surface area contributed by atoms with Crippen molar-refractivity contribution in [1.29, 1.82) is 0 Å². The van der Waals surface area contributed by atoms with Crippen molar-refractivity contribution in [1.82, 2.24) is 9.88 Å². The van der Waals surface area contributed by atoms with Crippen LogP contribution < -0.4 is 0 Å². The van der Waals surface area contributed by atoms with Gasteiger partial charge < -0.3 is 4.90 Å². The molecule has 0 spiro atoms. The predicted octanol–water partition coefficient (Wildman–Crippen LogP) is 3.23. The van der Waals surface area contributed by atoms with E-state index in [-0.39, 0.29) is 11.6 Å². The summed E-state index contributed by atoms with van der Waals surface area (Å²) < 4.78 is 26.8. The fourth-order valence-electron chi connectivity index (χ4n) is 2.06. The van der Waals surface area contributed by atoms with Crippen molar-refractivity contribution < 1.29 is 13.6 Å². The van der Waals surface area contributed by atoms with E-state index in [1.807, 2.05) is 17.5 Å². The van der Waals surface area contributed by atoms with Gasteiger partial charge in [0.1, 0.15) is 0 Å². The molecule has 0 aliphatic heterocycles. The van der Waals surface area contributed by atoms with Crippen LogP contribution in [0.15, 0.2) is 29.8 Å². The number of carbonyl (C=O) groups excluding carboxylic acids is 1. The van der Waals surface area contributed by atoms with Crippen LogP contribution in [0, 0.1) is 11.8 Å². The molecule has 3 rings (SSSR count). The van der Waals surface area contributed by atoms with Gasteiger partial charge >= 0.3 is 0 Å². The molecule has 0 N–H and O–H groups in total. The van der Waals surface area contributed by atoms with E-state index in [1.54, 1.807) is 16.2 Å². The summed E-state index contributed by atoms with van der Waals surface area (Å²) in [6, 6.07) is 5.18. The molecule has 20 heavy (non-hydrogen) atoms. The van der Waals surface area contributed by atoms with Gasteiger partial charge in [-0.2, -0.15) is 4.39 Å². The maximum Gasteiger partial charge on any atom is 0.257 e. The molecule has 1 aliphatic carbocycles. The van der Waals surface area contributed by atoms with Gasteiger partial charge in [-0.1, -0.05) is 6.07 Å². The molecule has 1 saturated carbocycles. The smallest absolute Gasteiger partial charge is 0.257 e. The number of halogens is 2. The minimum Gasteiger partial charge on any atom is -0.330 e. The van der Waals surface area contributed by atoms with Crippen LogP contribution >= 0.6 is 11.3 Å². The maximum absolute atomic E-state index is 13.7. The lowest BCUT2D eigenvalue weighted by Crippen LogP contribution is -2.33. The summed E-state index contributed by atoms with van der Waals surface area (Å²) in [4.78, 5) is 18.3. The first-order chi connectivity index (χ1) is 9.66. The second kappa shape index (κ2) is 5.28. The molecule has 1 amide bonds. The van der Waals surface area contributed by atoms with E-state index in [0.717, 1.165) is 23.9 Å². The third-order valence-electron chi connectivity index (χ3n) is 3.23. The molecule has 1 aliphatic rings. The number of nitrogens with zero attached hydrogens (tertiary/aromatic N) is 2. The third kappa shape index (κ3) is 2.56. The molecule has 104 valence electrons. The van der Waals surface area contributed by atoms with E-state index >= 15 is 0 Å². The molecule has 0 atom stereocenters. The van der Waals surface area contributed by atoms with E-state index in [4.69, 9.17) is 0 Å². The van der Waals surface area contributed by atoms with Gasteiger partial charge in [0.25, 0.3) is 5.91 Å². The first kappa shape index (κ1) is 13.2. The predicted molar refractivity (Wildman–Crippen MR) is 71.4 cm³/mol. The molecular weight excluding hydrogens is 282 g/mol. The highest BCUT2D eigenvalue weighted by Gasteiger charge is 2.34. The second-order valence-electron chi connectivity index (χ2n) is 4.71. The average Bonchev–Trinajstić information content (AvgIpc) is 3.15. The largest absolute Gasteiger partial charge is 0.330 e. The minimum absolute atomic E-state index is 0.125. The van der Waals surface area contributed by atoms with E-state index in [2.05, 4.69) is 4.98 Å². The molecule has 0 radical (unpaired) electrons. The Kier molecular flexibility index (Phi) is 3.48. The fraction of sp³-hybridized carbons (Fsp3) is 0.286. The summed E-state index contributed by atoms with van der Waals surface area (Å²) in [5.74, 6) is -2.88. The van der Waals surface area contributed by atoms with Crippen LogP contribution in [-0.2, 0) is 6.54 Å². The summed E-state index contributed by atoms with van der Waals surface area (Å²) in [6.07, 6.45) is 2.93. The van der Waals surface area contributed by atoms with Crippen molar-refractivity contribution in [3.05, 3.63) is 52.0 Å². The summed E-state index contributed by atoms with van der Waals surface area (Å²) in [6.45, 7) is 0.435. The zero-order chi connectivity index (χ0) is 14.1. The SMILES string of the molecule is O=C(c1ccnc(F)c1F)N(Cc1cccs1)C1CC1. The zero-order valence-electron chi connectivity index (χ0n) is 10.6. The maximum atomic E-state index is 13.7. The molecule has 0 bridgehead atoms. The van der Waals surface area contributed by atoms with Crippen molar-refractivity contribution >= 4 is 17.2 Å². The Bertz CT molecular complexity index is 626. The molecule has 2 aromatic rings. The number of thiophene rings is 1. The Balaban J connectivity index is 1.87. The summed E-state index contributed by atoms with van der Waals surface area (Å²) >= 11 is 1.54. The topological polar surface area (TPSA) is 33.2 Å². The molecule has 1 fully saturated rings. The lowest BCUT2D eigenvalue weighted by Gasteiger charge is -2.22. The fourth-order valence-corrected chi connectivity index (χ4v) is 2.76. The first-order valence-electron chi connectivity index (χ1n) is 6.30. The van der Waals surface area contributed by atoms with Crippen LogP contribution in [-0.4, -0.2) is 21.8 Å². The molecule has 6 heteroatoms. The Morgan fingerprint density at radius 1 is 1.40 bits per heavy atom. The number of pyridine rings is 1. The van der Waals surface area contributed by atoms with Crippen LogP contribution in [0.2, 0.25) is 0 Å². The molecule has 2 heterocycles. The van der Waals surface area contributed by atoms with Gasteiger partial charge in [0.05, 0.1) is 12.1 Å². The first-order valence-corrected chi connectivity index (χ1v) is 7.18. The van der Waals surface area contributed by atoms with Crippen molar-refractivity contribution in [2.75, 3.05) is 0 Å². The second-order valence-corrected chi connectivity index (χ2v) is 5.74. The van der Waals surface area contributed by atoms with Crippen LogP contribution in [0.5, 0.6) is 0 Å². The van der Waals surface area contributed by atoms with Crippen molar-refractivity contribution in [3.63, 3.8) is 0 Å². The van der Waals surface area contributed by atoms with E-state index < -0.39 is 17.7 Å². The van der Waals surface area contributed by atoms with Crippen LogP contribution in [0.4, 0.5) is 8.78 Å². The molecule has 0 saturated heterocycles. The minimum atomic E-state index is -1.23. The summed E-state index contributed by atoms with van der Waals surface area (Å²) in [5, 5.41) is 1.93. The van der Waals surface area contributed by atoms with Crippen LogP contribution in [0.25, 0.3) is 0 Å². The van der Waals surface area contributed by atoms with Gasteiger partial charge in [-0.05, 0) is 30.4 Å². The molecular formula is C14H12F2N2OS. The number of rotatable bonds is 4. The third-order valence-corrected chi connectivity index (χ3v) is 4.09. The Labute approximate surface area is 118 Å². The van der Waals surface area contributed by atoms with Crippen molar-refractivity contribution in [3.8, 4) is 0 Å². The van der Waals surface area contributed by atoms with Gasteiger partial charge in [0.15, 0.2) is 5.82 Å². The summed E-state index contributed by atoms with van der Waals surface area (Å²) in [7, 11) is 0.